The van der Waals surface area contributed by atoms with Gasteiger partial charge in [0.25, 0.3) is 5.91 Å². The smallest absolute Gasteiger partial charge is 0.315 e. The maximum atomic E-state index is 13.7. The zero-order chi connectivity index (χ0) is 18.9. The molecule has 0 radical (unpaired) electrons. The summed E-state index contributed by atoms with van der Waals surface area (Å²) in [4.78, 5) is 16.7. The third-order valence-corrected chi connectivity index (χ3v) is 4.49. The van der Waals surface area contributed by atoms with Crippen LogP contribution in [-0.2, 0) is 9.53 Å². The van der Waals surface area contributed by atoms with E-state index >= 15 is 0 Å². The summed E-state index contributed by atoms with van der Waals surface area (Å²) in [6, 6.07) is 9.79. The van der Waals surface area contributed by atoms with Crippen LogP contribution in [0, 0.1) is 0 Å². The predicted octanol–water partition coefficient (Wildman–Crippen LogP) is 3.99. The van der Waals surface area contributed by atoms with Crippen molar-refractivity contribution in [2.24, 2.45) is 0 Å². The van der Waals surface area contributed by atoms with E-state index in [1.54, 1.807) is 24.5 Å². The zero-order valence-electron chi connectivity index (χ0n) is 14.4. The van der Waals surface area contributed by atoms with Gasteiger partial charge in [-0.05, 0) is 36.6 Å². The standard InChI is InChI=1S/C19H19F3N2O2/c1-19(2)24(18(25)17(21)22)15(10-20)16(26-19)13-7-5-12(6-8-13)14-4-3-9-23-11-14/h3-9,11,15-17H,10H2,1-2H3/t15-,16-/m1/s1. The molecular weight excluding hydrogens is 345 g/mol. The van der Waals surface area contributed by atoms with Gasteiger partial charge in [0.1, 0.15) is 18.5 Å². The summed E-state index contributed by atoms with van der Waals surface area (Å²) in [6.45, 7) is 2.00. The minimum absolute atomic E-state index is 0.623. The normalized spacial score (nSPS) is 22.0. The van der Waals surface area contributed by atoms with Gasteiger partial charge in [-0.25, -0.2) is 4.39 Å². The van der Waals surface area contributed by atoms with Crippen LogP contribution >= 0.6 is 0 Å². The van der Waals surface area contributed by atoms with Gasteiger partial charge in [0.2, 0.25) is 0 Å². The number of hydrogen-bond donors (Lipinski definition) is 0. The second-order valence-corrected chi connectivity index (χ2v) is 6.58. The highest BCUT2D eigenvalue weighted by atomic mass is 19.3. The Kier molecular flexibility index (Phi) is 5.00. The SMILES string of the molecule is CC1(C)O[C@H](c2ccc(-c3cccnc3)cc2)[C@@H](CF)N1C(=O)C(F)F. The second-order valence-electron chi connectivity index (χ2n) is 6.58. The molecule has 1 aromatic heterocycles. The Morgan fingerprint density at radius 1 is 1.23 bits per heavy atom. The van der Waals surface area contributed by atoms with Crippen LogP contribution in [0.2, 0.25) is 0 Å². The summed E-state index contributed by atoms with van der Waals surface area (Å²) in [6.07, 6.45) is -0.635. The van der Waals surface area contributed by atoms with Gasteiger partial charge < -0.3 is 9.64 Å². The van der Waals surface area contributed by atoms with Crippen molar-refractivity contribution < 1.29 is 22.7 Å². The number of benzene rings is 1. The minimum Gasteiger partial charge on any atom is -0.346 e. The number of nitrogens with zero attached hydrogens (tertiary/aromatic N) is 2. The van der Waals surface area contributed by atoms with E-state index in [1.165, 1.54) is 13.8 Å². The van der Waals surface area contributed by atoms with E-state index < -0.39 is 36.9 Å². The second kappa shape index (κ2) is 7.07. The van der Waals surface area contributed by atoms with Gasteiger partial charge in [-0.2, -0.15) is 8.78 Å². The minimum atomic E-state index is -3.21. The van der Waals surface area contributed by atoms with Crippen molar-refractivity contribution in [1.82, 2.24) is 9.88 Å². The van der Waals surface area contributed by atoms with Crippen molar-refractivity contribution in [3.63, 3.8) is 0 Å². The first kappa shape index (κ1) is 18.4. The number of amides is 1. The molecular formula is C19H19F3N2O2. The summed E-state index contributed by atoms with van der Waals surface area (Å²) in [5.74, 6) is -1.42. The van der Waals surface area contributed by atoms with Gasteiger partial charge >= 0.3 is 6.43 Å². The topological polar surface area (TPSA) is 42.4 Å². The van der Waals surface area contributed by atoms with E-state index in [1.807, 2.05) is 24.3 Å². The number of rotatable bonds is 4. The Morgan fingerprint density at radius 2 is 1.92 bits per heavy atom. The molecule has 26 heavy (non-hydrogen) atoms. The Labute approximate surface area is 149 Å². The summed E-state index contributed by atoms with van der Waals surface area (Å²) in [5.41, 5.74) is 1.13. The van der Waals surface area contributed by atoms with Crippen LogP contribution in [0.3, 0.4) is 0 Å². The Balaban J connectivity index is 1.90. The summed E-state index contributed by atoms with van der Waals surface area (Å²) < 4.78 is 45.3. The number of ether oxygens (including phenoxy) is 1. The van der Waals surface area contributed by atoms with Gasteiger partial charge in [0.05, 0.1) is 6.04 Å². The van der Waals surface area contributed by atoms with Crippen LogP contribution in [0.5, 0.6) is 0 Å². The molecule has 1 saturated heterocycles. The molecule has 0 spiro atoms. The molecule has 0 saturated carbocycles. The maximum absolute atomic E-state index is 13.7. The monoisotopic (exact) mass is 364 g/mol. The van der Waals surface area contributed by atoms with Gasteiger partial charge in [0, 0.05) is 12.4 Å². The van der Waals surface area contributed by atoms with Crippen LogP contribution in [0.15, 0.2) is 48.8 Å². The van der Waals surface area contributed by atoms with Crippen LogP contribution in [0.1, 0.15) is 25.5 Å². The van der Waals surface area contributed by atoms with Crippen molar-refractivity contribution >= 4 is 5.91 Å². The molecule has 1 fully saturated rings. The molecule has 4 nitrogen and oxygen atoms in total. The highest BCUT2D eigenvalue weighted by molar-refractivity contribution is 5.80. The molecule has 2 heterocycles. The van der Waals surface area contributed by atoms with Crippen molar-refractivity contribution in [2.75, 3.05) is 6.67 Å². The average molecular weight is 364 g/mol. The summed E-state index contributed by atoms with van der Waals surface area (Å²) in [5, 5.41) is 0. The third-order valence-electron chi connectivity index (χ3n) is 4.49. The van der Waals surface area contributed by atoms with Crippen LogP contribution < -0.4 is 0 Å². The fourth-order valence-electron chi connectivity index (χ4n) is 3.35. The number of aromatic nitrogens is 1. The Morgan fingerprint density at radius 3 is 2.46 bits per heavy atom. The fraction of sp³-hybridized carbons (Fsp3) is 0.368. The van der Waals surface area contributed by atoms with E-state index in [9.17, 15) is 18.0 Å². The number of carbonyl (C=O) groups is 1. The van der Waals surface area contributed by atoms with Crippen molar-refractivity contribution in [1.29, 1.82) is 0 Å². The van der Waals surface area contributed by atoms with E-state index in [0.717, 1.165) is 16.0 Å². The van der Waals surface area contributed by atoms with Gasteiger partial charge in [-0.15, -0.1) is 0 Å². The van der Waals surface area contributed by atoms with Crippen molar-refractivity contribution in [3.05, 3.63) is 54.4 Å². The molecule has 0 bridgehead atoms. The first-order valence-electron chi connectivity index (χ1n) is 8.20. The molecule has 1 aromatic carbocycles. The molecule has 0 N–H and O–H groups in total. The van der Waals surface area contributed by atoms with Crippen LogP contribution in [-0.4, -0.2) is 40.7 Å². The van der Waals surface area contributed by atoms with Crippen LogP contribution in [0.25, 0.3) is 11.1 Å². The molecule has 138 valence electrons. The zero-order valence-corrected chi connectivity index (χ0v) is 14.4. The lowest BCUT2D eigenvalue weighted by molar-refractivity contribution is -0.159. The molecule has 1 aliphatic rings. The summed E-state index contributed by atoms with van der Waals surface area (Å²) in [7, 11) is 0. The molecule has 1 aliphatic heterocycles. The number of hydrogen-bond acceptors (Lipinski definition) is 3. The molecule has 2 atom stereocenters. The first-order valence-corrected chi connectivity index (χ1v) is 8.20. The molecule has 7 heteroatoms. The lowest BCUT2D eigenvalue weighted by atomic mass is 9.99. The van der Waals surface area contributed by atoms with E-state index in [-0.39, 0.29) is 0 Å². The van der Waals surface area contributed by atoms with E-state index in [4.69, 9.17) is 4.74 Å². The number of pyridine rings is 1. The number of carbonyl (C=O) groups excluding carboxylic acids is 1. The fourth-order valence-corrected chi connectivity index (χ4v) is 3.35. The summed E-state index contributed by atoms with van der Waals surface area (Å²) >= 11 is 0. The first-order chi connectivity index (χ1) is 12.3. The molecule has 2 aromatic rings. The molecule has 0 unspecified atom stereocenters. The Hall–Kier alpha value is -2.41. The molecule has 0 aliphatic carbocycles. The molecule has 3 rings (SSSR count). The third kappa shape index (κ3) is 3.31. The van der Waals surface area contributed by atoms with E-state index in [2.05, 4.69) is 4.98 Å². The predicted molar refractivity (Wildman–Crippen MR) is 90.2 cm³/mol. The molecule has 1 amide bonds. The van der Waals surface area contributed by atoms with Crippen LogP contribution in [0.4, 0.5) is 13.2 Å². The van der Waals surface area contributed by atoms with Crippen molar-refractivity contribution in [3.8, 4) is 11.1 Å². The van der Waals surface area contributed by atoms with Gasteiger partial charge in [-0.1, -0.05) is 30.3 Å². The van der Waals surface area contributed by atoms with Crippen molar-refractivity contribution in [2.45, 2.75) is 38.1 Å². The number of alkyl halides is 3. The highest BCUT2D eigenvalue weighted by Crippen LogP contribution is 2.42. The van der Waals surface area contributed by atoms with E-state index in [0.29, 0.717) is 5.56 Å². The maximum Gasteiger partial charge on any atom is 0.315 e. The van der Waals surface area contributed by atoms with Gasteiger partial charge in [0.15, 0.2) is 0 Å². The van der Waals surface area contributed by atoms with Gasteiger partial charge in [-0.3, -0.25) is 9.78 Å². The quantitative estimate of drug-likeness (QED) is 0.824. The Bertz CT molecular complexity index is 766. The number of halogens is 3. The lowest BCUT2D eigenvalue weighted by Crippen LogP contribution is -2.51. The average Bonchev–Trinajstić information content (AvgIpc) is 2.92. The largest absolute Gasteiger partial charge is 0.346 e. The highest BCUT2D eigenvalue weighted by Gasteiger charge is 2.52. The lowest BCUT2D eigenvalue weighted by Gasteiger charge is -2.32.